The van der Waals surface area contributed by atoms with E-state index >= 15 is 0 Å². The monoisotopic (exact) mass is 314 g/mol. The number of thiazole rings is 1. The van der Waals surface area contributed by atoms with Crippen molar-refractivity contribution in [3.63, 3.8) is 0 Å². The van der Waals surface area contributed by atoms with Crippen molar-refractivity contribution in [3.05, 3.63) is 39.6 Å². The summed E-state index contributed by atoms with van der Waals surface area (Å²) < 4.78 is 14.0. The minimum absolute atomic E-state index is 0.252. The van der Waals surface area contributed by atoms with Gasteiger partial charge in [0, 0.05) is 22.0 Å². The maximum absolute atomic E-state index is 13.3. The molecule has 0 unspecified atom stereocenters. The summed E-state index contributed by atoms with van der Waals surface area (Å²) in [5, 5.41) is 6.06. The molecule has 0 fully saturated rings. The molecule has 1 N–H and O–H groups in total. The van der Waals surface area contributed by atoms with Gasteiger partial charge in [-0.3, -0.25) is 0 Å². The Morgan fingerprint density at radius 3 is 2.94 bits per heavy atom. The third kappa shape index (κ3) is 3.34. The zero-order valence-electron chi connectivity index (χ0n) is 9.34. The fraction of sp³-hybridized carbons (Fsp3) is 0.250. The Balaban J connectivity index is 2.24. The minimum atomic E-state index is -0.252. The third-order valence-electron chi connectivity index (χ3n) is 2.22. The van der Waals surface area contributed by atoms with Crippen LogP contribution in [-0.4, -0.2) is 11.5 Å². The molecular formula is C12H12BrFN2S. The molecule has 1 heterocycles. The highest BCUT2D eigenvalue weighted by molar-refractivity contribution is 9.10. The van der Waals surface area contributed by atoms with Gasteiger partial charge in [-0.1, -0.05) is 22.9 Å². The van der Waals surface area contributed by atoms with Crippen LogP contribution in [-0.2, 0) is 6.54 Å². The van der Waals surface area contributed by atoms with E-state index in [-0.39, 0.29) is 5.82 Å². The van der Waals surface area contributed by atoms with E-state index < -0.39 is 0 Å². The fourth-order valence-electron chi connectivity index (χ4n) is 1.45. The van der Waals surface area contributed by atoms with Crippen molar-refractivity contribution in [1.82, 2.24) is 10.3 Å². The van der Waals surface area contributed by atoms with Crippen LogP contribution in [0.2, 0.25) is 0 Å². The Labute approximate surface area is 112 Å². The van der Waals surface area contributed by atoms with Crippen LogP contribution >= 0.6 is 27.3 Å². The molecular weight excluding hydrogens is 303 g/mol. The smallest absolute Gasteiger partial charge is 0.125 e. The van der Waals surface area contributed by atoms with Gasteiger partial charge in [-0.2, -0.15) is 0 Å². The van der Waals surface area contributed by atoms with Crippen LogP contribution in [0.3, 0.4) is 0 Å². The molecule has 2 rings (SSSR count). The van der Waals surface area contributed by atoms with Gasteiger partial charge in [-0.25, -0.2) is 9.37 Å². The second-order valence-electron chi connectivity index (χ2n) is 3.58. The summed E-state index contributed by atoms with van der Waals surface area (Å²) in [7, 11) is 0. The van der Waals surface area contributed by atoms with E-state index in [4.69, 9.17) is 0 Å². The number of halogens is 2. The van der Waals surface area contributed by atoms with Crippen LogP contribution in [0.5, 0.6) is 0 Å². The van der Waals surface area contributed by atoms with Gasteiger partial charge in [-0.05, 0) is 24.7 Å². The summed E-state index contributed by atoms with van der Waals surface area (Å²) in [6, 6.07) is 4.82. The molecule has 0 amide bonds. The van der Waals surface area contributed by atoms with Crippen LogP contribution in [0.25, 0.3) is 10.6 Å². The second kappa shape index (κ2) is 5.71. The molecule has 0 bridgehead atoms. The Bertz CT molecular complexity index is 493. The highest BCUT2D eigenvalue weighted by atomic mass is 79.9. The molecule has 0 saturated heterocycles. The standard InChI is InChI=1S/C12H12BrFN2S/c1-2-15-6-11-7-17-12(16-11)8-3-9(13)5-10(14)4-8/h3-5,7,15H,2,6H2,1H3. The van der Waals surface area contributed by atoms with E-state index in [1.54, 1.807) is 0 Å². The maximum Gasteiger partial charge on any atom is 0.125 e. The van der Waals surface area contributed by atoms with E-state index in [9.17, 15) is 4.39 Å². The summed E-state index contributed by atoms with van der Waals surface area (Å²) in [5.41, 5.74) is 1.80. The van der Waals surface area contributed by atoms with Gasteiger partial charge in [0.05, 0.1) is 5.69 Å². The van der Waals surface area contributed by atoms with Gasteiger partial charge >= 0.3 is 0 Å². The summed E-state index contributed by atoms with van der Waals surface area (Å²) in [6.45, 7) is 3.72. The van der Waals surface area contributed by atoms with Gasteiger partial charge in [-0.15, -0.1) is 11.3 Å². The zero-order valence-corrected chi connectivity index (χ0v) is 11.7. The van der Waals surface area contributed by atoms with E-state index in [2.05, 4.69) is 33.2 Å². The van der Waals surface area contributed by atoms with Crippen LogP contribution < -0.4 is 5.32 Å². The molecule has 0 aliphatic carbocycles. The predicted molar refractivity (Wildman–Crippen MR) is 72.6 cm³/mol. The van der Waals surface area contributed by atoms with E-state index in [1.165, 1.54) is 23.5 Å². The molecule has 17 heavy (non-hydrogen) atoms. The van der Waals surface area contributed by atoms with E-state index in [0.29, 0.717) is 0 Å². The summed E-state index contributed by atoms with van der Waals surface area (Å²) in [4.78, 5) is 4.47. The summed E-state index contributed by atoms with van der Waals surface area (Å²) in [6.07, 6.45) is 0. The number of rotatable bonds is 4. The molecule has 0 radical (unpaired) electrons. The van der Waals surface area contributed by atoms with Crippen molar-refractivity contribution >= 4 is 27.3 Å². The predicted octanol–water partition coefficient (Wildman–Crippen LogP) is 3.82. The number of aromatic nitrogens is 1. The number of nitrogens with one attached hydrogen (secondary N) is 1. The van der Waals surface area contributed by atoms with Crippen LogP contribution in [0, 0.1) is 5.82 Å². The molecule has 0 aliphatic heterocycles. The second-order valence-corrected chi connectivity index (χ2v) is 5.36. The number of benzene rings is 1. The lowest BCUT2D eigenvalue weighted by Crippen LogP contribution is -2.11. The lowest BCUT2D eigenvalue weighted by atomic mass is 10.2. The number of hydrogen-bond acceptors (Lipinski definition) is 3. The Hall–Kier alpha value is -0.780. The molecule has 1 aromatic heterocycles. The van der Waals surface area contributed by atoms with Crippen molar-refractivity contribution in [1.29, 1.82) is 0 Å². The Morgan fingerprint density at radius 1 is 1.41 bits per heavy atom. The number of nitrogens with zero attached hydrogens (tertiary/aromatic N) is 1. The third-order valence-corrected chi connectivity index (χ3v) is 3.62. The van der Waals surface area contributed by atoms with E-state index in [0.717, 1.165) is 33.8 Å². The van der Waals surface area contributed by atoms with Crippen LogP contribution in [0.1, 0.15) is 12.6 Å². The molecule has 2 nitrogen and oxygen atoms in total. The van der Waals surface area contributed by atoms with Gasteiger partial charge in [0.25, 0.3) is 0 Å². The van der Waals surface area contributed by atoms with Crippen molar-refractivity contribution in [2.75, 3.05) is 6.54 Å². The van der Waals surface area contributed by atoms with Gasteiger partial charge < -0.3 is 5.32 Å². The fourth-order valence-corrected chi connectivity index (χ4v) is 2.72. The first-order chi connectivity index (χ1) is 8.19. The molecule has 5 heteroatoms. The molecule has 0 aliphatic rings. The first-order valence-corrected chi connectivity index (χ1v) is 6.98. The van der Waals surface area contributed by atoms with Gasteiger partial charge in [0.1, 0.15) is 10.8 Å². The molecule has 1 aromatic carbocycles. The molecule has 2 aromatic rings. The van der Waals surface area contributed by atoms with Gasteiger partial charge in [0.15, 0.2) is 0 Å². The molecule has 90 valence electrons. The SMILES string of the molecule is CCNCc1csc(-c2cc(F)cc(Br)c2)n1. The van der Waals surface area contributed by atoms with E-state index in [1.807, 2.05) is 11.4 Å². The summed E-state index contributed by atoms with van der Waals surface area (Å²) >= 11 is 4.82. The van der Waals surface area contributed by atoms with Crippen molar-refractivity contribution < 1.29 is 4.39 Å². The highest BCUT2D eigenvalue weighted by Gasteiger charge is 2.06. The van der Waals surface area contributed by atoms with Gasteiger partial charge in [0.2, 0.25) is 0 Å². The minimum Gasteiger partial charge on any atom is -0.311 e. The normalized spacial score (nSPS) is 10.8. The largest absolute Gasteiger partial charge is 0.311 e. The number of hydrogen-bond donors (Lipinski definition) is 1. The average Bonchev–Trinajstić information content (AvgIpc) is 2.73. The van der Waals surface area contributed by atoms with Crippen LogP contribution in [0.15, 0.2) is 28.1 Å². The first kappa shape index (κ1) is 12.7. The first-order valence-electron chi connectivity index (χ1n) is 5.30. The zero-order chi connectivity index (χ0) is 12.3. The lowest BCUT2D eigenvalue weighted by Gasteiger charge is -1.99. The average molecular weight is 315 g/mol. The Kier molecular flexibility index (Phi) is 4.25. The lowest BCUT2D eigenvalue weighted by molar-refractivity contribution is 0.627. The van der Waals surface area contributed by atoms with Crippen molar-refractivity contribution in [3.8, 4) is 10.6 Å². The van der Waals surface area contributed by atoms with Crippen LogP contribution in [0.4, 0.5) is 4.39 Å². The molecule has 0 atom stereocenters. The summed E-state index contributed by atoms with van der Waals surface area (Å²) in [5.74, 6) is -0.252. The highest BCUT2D eigenvalue weighted by Crippen LogP contribution is 2.27. The molecule has 0 saturated carbocycles. The molecule has 0 spiro atoms. The quantitative estimate of drug-likeness (QED) is 0.928. The Morgan fingerprint density at radius 2 is 2.24 bits per heavy atom. The van der Waals surface area contributed by atoms with Crippen molar-refractivity contribution in [2.24, 2.45) is 0 Å². The van der Waals surface area contributed by atoms with Crippen molar-refractivity contribution in [2.45, 2.75) is 13.5 Å². The maximum atomic E-state index is 13.3. The topological polar surface area (TPSA) is 24.9 Å².